The lowest BCUT2D eigenvalue weighted by Crippen LogP contribution is -2.43. The van der Waals surface area contributed by atoms with Crippen LogP contribution in [0.1, 0.15) is 60.6 Å². The molecule has 0 fully saturated rings. The Bertz CT molecular complexity index is 547. The number of hydrogen-bond acceptors (Lipinski definition) is 2. The zero-order chi connectivity index (χ0) is 18.3. The molecule has 0 aliphatic rings. The molecule has 1 unspecified atom stereocenters. The number of nitrogens with zero attached hydrogens (tertiary/aromatic N) is 1. The Morgan fingerprint density at radius 1 is 1.04 bits per heavy atom. The molecule has 134 valence electrons. The molecule has 0 bridgehead atoms. The summed E-state index contributed by atoms with van der Waals surface area (Å²) in [4.78, 5) is 4.43. The summed E-state index contributed by atoms with van der Waals surface area (Å²) >= 11 is 0. The summed E-state index contributed by atoms with van der Waals surface area (Å²) in [6.45, 7) is 16.4. The van der Waals surface area contributed by atoms with E-state index in [0.717, 1.165) is 24.3 Å². The molecule has 1 atom stereocenters. The molecule has 1 aromatic heterocycles. The van der Waals surface area contributed by atoms with Gasteiger partial charge in [0, 0.05) is 23.9 Å². The first-order valence-electron chi connectivity index (χ1n) is 9.25. The molecular weight excluding hydrogens is 310 g/mol. The number of hydrogen-bond donors (Lipinski definition) is 0. The Kier molecular flexibility index (Phi) is 8.03. The molecule has 1 aromatic rings. The number of pyridine rings is 1. The van der Waals surface area contributed by atoms with Crippen LogP contribution >= 0.6 is 0 Å². The Hall–Kier alpha value is -1.27. The molecule has 1 rings (SSSR count). The summed E-state index contributed by atoms with van der Waals surface area (Å²) in [6.07, 6.45) is 3.82. The van der Waals surface area contributed by atoms with Gasteiger partial charge in [0.05, 0.1) is 7.11 Å². The second-order valence-electron chi connectivity index (χ2n) is 7.79. The van der Waals surface area contributed by atoms with E-state index < -0.39 is 8.07 Å². The van der Waals surface area contributed by atoms with Crippen molar-refractivity contribution in [2.45, 2.75) is 77.9 Å². The zero-order valence-electron chi connectivity index (χ0n) is 16.8. The normalized spacial score (nSPS) is 13.1. The van der Waals surface area contributed by atoms with Gasteiger partial charge >= 0.3 is 0 Å². The summed E-state index contributed by atoms with van der Waals surface area (Å²) in [5.41, 5.74) is 7.00. The number of methoxy groups -OCH3 is 1. The SMILES string of the molecule is COc1ccnc(CCC(C)C#C[Si](C(C)C)(C(C)C)C(C)C)c1. The van der Waals surface area contributed by atoms with E-state index in [4.69, 9.17) is 4.74 Å². The molecule has 0 spiro atoms. The maximum Gasteiger partial charge on any atom is 0.145 e. The van der Waals surface area contributed by atoms with Gasteiger partial charge in [0.25, 0.3) is 0 Å². The molecule has 0 radical (unpaired) electrons. The molecule has 0 amide bonds. The fourth-order valence-corrected chi connectivity index (χ4v) is 9.20. The van der Waals surface area contributed by atoms with E-state index in [9.17, 15) is 0 Å². The Balaban J connectivity index is 2.82. The number of rotatable bonds is 7. The van der Waals surface area contributed by atoms with Gasteiger partial charge in [-0.1, -0.05) is 48.5 Å². The van der Waals surface area contributed by atoms with Crippen molar-refractivity contribution in [3.63, 3.8) is 0 Å². The Labute approximate surface area is 150 Å². The third-order valence-corrected chi connectivity index (χ3v) is 11.6. The van der Waals surface area contributed by atoms with Crippen LogP contribution in [-0.4, -0.2) is 20.2 Å². The second kappa shape index (κ2) is 9.27. The van der Waals surface area contributed by atoms with Crippen molar-refractivity contribution in [1.29, 1.82) is 0 Å². The van der Waals surface area contributed by atoms with Gasteiger partial charge in [-0.2, -0.15) is 0 Å². The maximum absolute atomic E-state index is 5.27. The monoisotopic (exact) mass is 345 g/mol. The van der Waals surface area contributed by atoms with Gasteiger partial charge in [-0.15, -0.1) is 11.5 Å². The predicted octanol–water partition coefficient (Wildman–Crippen LogP) is 5.88. The number of aryl methyl sites for hydroxylation is 1. The first-order valence-corrected chi connectivity index (χ1v) is 11.5. The topological polar surface area (TPSA) is 22.1 Å². The summed E-state index contributed by atoms with van der Waals surface area (Å²) < 4.78 is 5.27. The lowest BCUT2D eigenvalue weighted by molar-refractivity contribution is 0.413. The van der Waals surface area contributed by atoms with Gasteiger partial charge in [0.2, 0.25) is 0 Å². The first-order chi connectivity index (χ1) is 11.2. The Morgan fingerprint density at radius 2 is 1.62 bits per heavy atom. The summed E-state index contributed by atoms with van der Waals surface area (Å²) in [6, 6.07) is 3.91. The van der Waals surface area contributed by atoms with Gasteiger partial charge in [0.1, 0.15) is 13.8 Å². The zero-order valence-corrected chi connectivity index (χ0v) is 17.8. The molecule has 0 aliphatic carbocycles. The third-order valence-electron chi connectivity index (χ3n) is 5.26. The highest BCUT2D eigenvalue weighted by molar-refractivity contribution is 6.90. The van der Waals surface area contributed by atoms with Crippen LogP contribution in [0.25, 0.3) is 0 Å². The standard InChI is InChI=1S/C21H35NOSi/c1-16(2)24(17(3)4,18(5)6)14-12-19(7)9-10-20-15-21(23-8)11-13-22-20/h11,13,15-19H,9-10H2,1-8H3. The smallest absolute Gasteiger partial charge is 0.145 e. The van der Waals surface area contributed by atoms with Crippen molar-refractivity contribution in [1.82, 2.24) is 4.98 Å². The van der Waals surface area contributed by atoms with Crippen LogP contribution in [0.3, 0.4) is 0 Å². The first kappa shape index (κ1) is 20.8. The average molecular weight is 346 g/mol. The largest absolute Gasteiger partial charge is 0.497 e. The molecule has 0 saturated heterocycles. The van der Waals surface area contributed by atoms with Crippen LogP contribution < -0.4 is 4.74 Å². The van der Waals surface area contributed by atoms with Crippen LogP contribution in [0.15, 0.2) is 18.3 Å². The van der Waals surface area contributed by atoms with Crippen LogP contribution in [0, 0.1) is 17.4 Å². The highest BCUT2D eigenvalue weighted by Crippen LogP contribution is 2.40. The van der Waals surface area contributed by atoms with E-state index >= 15 is 0 Å². The number of aromatic nitrogens is 1. The predicted molar refractivity (Wildman–Crippen MR) is 107 cm³/mol. The van der Waals surface area contributed by atoms with E-state index in [0.29, 0.717) is 22.5 Å². The fourth-order valence-electron chi connectivity index (χ4n) is 3.84. The average Bonchev–Trinajstić information content (AvgIpc) is 2.52. The summed E-state index contributed by atoms with van der Waals surface area (Å²) in [5.74, 6) is 4.90. The third kappa shape index (κ3) is 5.11. The minimum absolute atomic E-state index is 0.404. The van der Waals surface area contributed by atoms with Crippen LogP contribution in [0.4, 0.5) is 0 Å². The van der Waals surface area contributed by atoms with Crippen LogP contribution in [0.2, 0.25) is 16.6 Å². The van der Waals surface area contributed by atoms with E-state index in [1.165, 1.54) is 0 Å². The molecular formula is C21H35NOSi. The van der Waals surface area contributed by atoms with Gasteiger partial charge in [-0.3, -0.25) is 4.98 Å². The van der Waals surface area contributed by atoms with Crippen LogP contribution in [0.5, 0.6) is 5.75 Å². The molecule has 0 aliphatic heterocycles. The van der Waals surface area contributed by atoms with Crippen LogP contribution in [-0.2, 0) is 6.42 Å². The molecule has 1 heterocycles. The minimum atomic E-state index is -1.61. The number of ether oxygens (including phenoxy) is 1. The van der Waals surface area contributed by atoms with Crippen molar-refractivity contribution in [2.24, 2.45) is 5.92 Å². The van der Waals surface area contributed by atoms with Crippen molar-refractivity contribution in [3.8, 4) is 17.2 Å². The molecule has 2 nitrogen and oxygen atoms in total. The van der Waals surface area contributed by atoms with E-state index in [-0.39, 0.29) is 0 Å². The second-order valence-corrected chi connectivity index (χ2v) is 13.4. The highest BCUT2D eigenvalue weighted by Gasteiger charge is 2.41. The lowest BCUT2D eigenvalue weighted by Gasteiger charge is -2.38. The van der Waals surface area contributed by atoms with Crippen molar-refractivity contribution < 1.29 is 4.74 Å². The van der Waals surface area contributed by atoms with Gasteiger partial charge in [-0.25, -0.2) is 0 Å². The molecule has 0 saturated carbocycles. The van der Waals surface area contributed by atoms with Crippen molar-refractivity contribution in [3.05, 3.63) is 24.0 Å². The Morgan fingerprint density at radius 3 is 2.12 bits per heavy atom. The maximum atomic E-state index is 5.27. The van der Waals surface area contributed by atoms with Gasteiger partial charge in [-0.05, 0) is 35.5 Å². The summed E-state index contributed by atoms with van der Waals surface area (Å²) in [7, 11) is 0.0855. The van der Waals surface area contributed by atoms with E-state index in [2.05, 4.69) is 64.9 Å². The molecule has 0 aromatic carbocycles. The van der Waals surface area contributed by atoms with Gasteiger partial charge < -0.3 is 4.74 Å². The highest BCUT2D eigenvalue weighted by atomic mass is 28.3. The summed E-state index contributed by atoms with van der Waals surface area (Å²) in [5, 5.41) is 0. The molecule has 24 heavy (non-hydrogen) atoms. The van der Waals surface area contributed by atoms with Crippen molar-refractivity contribution >= 4 is 8.07 Å². The quantitative estimate of drug-likeness (QED) is 0.455. The van der Waals surface area contributed by atoms with Crippen molar-refractivity contribution in [2.75, 3.05) is 7.11 Å². The minimum Gasteiger partial charge on any atom is -0.497 e. The molecule has 0 N–H and O–H groups in total. The fraction of sp³-hybridized carbons (Fsp3) is 0.667. The van der Waals surface area contributed by atoms with E-state index in [1.807, 2.05) is 18.3 Å². The van der Waals surface area contributed by atoms with E-state index in [1.54, 1.807) is 7.11 Å². The lowest BCUT2D eigenvalue weighted by atomic mass is 10.1. The molecule has 3 heteroatoms. The van der Waals surface area contributed by atoms with Gasteiger partial charge in [0.15, 0.2) is 0 Å².